The number of thioether (sulfide) groups is 1. The van der Waals surface area contributed by atoms with E-state index in [4.69, 9.17) is 14.2 Å². The highest BCUT2D eigenvalue weighted by atomic mass is 32.2. The monoisotopic (exact) mass is 372 g/mol. The number of thiophene rings is 1. The second-order valence-electron chi connectivity index (χ2n) is 4.81. The molecule has 2 atom stereocenters. The normalized spacial score (nSPS) is 14.5. The fourth-order valence-corrected chi connectivity index (χ4v) is 3.84. The molecule has 0 fully saturated rings. The number of alkyl halides is 1. The summed E-state index contributed by atoms with van der Waals surface area (Å²) in [5.74, 6) is -0.196. The van der Waals surface area contributed by atoms with Crippen LogP contribution in [0.1, 0.15) is 11.8 Å². The van der Waals surface area contributed by atoms with Crippen LogP contribution in [-0.4, -0.2) is 42.5 Å². The van der Waals surface area contributed by atoms with Crippen LogP contribution < -0.4 is 9.47 Å². The van der Waals surface area contributed by atoms with Crippen molar-refractivity contribution in [3.8, 4) is 11.8 Å². The lowest BCUT2D eigenvalue weighted by Gasteiger charge is -2.26. The average Bonchev–Trinajstić information content (AvgIpc) is 3.13. The number of hydrogen-bond acceptors (Lipinski definition) is 8. The fourth-order valence-electron chi connectivity index (χ4n) is 1.92. The van der Waals surface area contributed by atoms with E-state index < -0.39 is 16.9 Å². The molecule has 24 heavy (non-hydrogen) atoms. The van der Waals surface area contributed by atoms with Gasteiger partial charge in [0.1, 0.15) is 5.25 Å². The molecular weight excluding hydrogens is 355 g/mol. The van der Waals surface area contributed by atoms with E-state index >= 15 is 4.39 Å². The van der Waals surface area contributed by atoms with Crippen LogP contribution in [0.2, 0.25) is 0 Å². The Morgan fingerprint density at radius 1 is 1.29 bits per heavy atom. The molecule has 0 saturated heterocycles. The van der Waals surface area contributed by atoms with Gasteiger partial charge in [0.05, 0.1) is 27.4 Å². The van der Waals surface area contributed by atoms with Gasteiger partial charge < -0.3 is 14.2 Å². The number of aromatic nitrogens is 2. The van der Waals surface area contributed by atoms with E-state index in [2.05, 4.69) is 9.97 Å². The van der Waals surface area contributed by atoms with Crippen molar-refractivity contribution in [2.75, 3.05) is 21.3 Å². The van der Waals surface area contributed by atoms with Gasteiger partial charge in [-0.05, 0) is 18.4 Å². The minimum atomic E-state index is -1.95. The highest BCUT2D eigenvalue weighted by Gasteiger charge is 2.44. The van der Waals surface area contributed by atoms with Crippen molar-refractivity contribution in [2.45, 2.75) is 23.0 Å². The SMILES string of the molecule is COC(=O)C(Sc1nc(OC)cc(OC)n1)C(C)(F)c1cccs1. The molecule has 0 aromatic carbocycles. The molecule has 2 aromatic rings. The van der Waals surface area contributed by atoms with Crippen molar-refractivity contribution in [3.63, 3.8) is 0 Å². The molecule has 0 N–H and O–H groups in total. The van der Waals surface area contributed by atoms with Gasteiger partial charge in [0.25, 0.3) is 0 Å². The summed E-state index contributed by atoms with van der Waals surface area (Å²) in [6, 6.07) is 4.85. The van der Waals surface area contributed by atoms with E-state index in [1.54, 1.807) is 17.5 Å². The van der Waals surface area contributed by atoms with Crippen molar-refractivity contribution in [1.82, 2.24) is 9.97 Å². The number of rotatable bonds is 7. The first-order valence-corrected chi connectivity index (χ1v) is 8.62. The maximum atomic E-state index is 15.4. The molecule has 0 aliphatic heterocycles. The number of carbonyl (C=O) groups excluding carboxylic acids is 1. The van der Waals surface area contributed by atoms with E-state index in [0.29, 0.717) is 4.88 Å². The predicted molar refractivity (Wildman–Crippen MR) is 89.6 cm³/mol. The van der Waals surface area contributed by atoms with Crippen LogP contribution in [0.5, 0.6) is 11.8 Å². The number of nitrogens with zero attached hydrogens (tertiary/aromatic N) is 2. The van der Waals surface area contributed by atoms with Gasteiger partial charge in [-0.1, -0.05) is 17.8 Å². The van der Waals surface area contributed by atoms with E-state index in [9.17, 15) is 4.79 Å². The van der Waals surface area contributed by atoms with Crippen LogP contribution in [0.4, 0.5) is 4.39 Å². The molecule has 6 nitrogen and oxygen atoms in total. The number of hydrogen-bond donors (Lipinski definition) is 0. The standard InChI is InChI=1S/C15H17FN2O4S2/c1-15(16,9-6-5-7-23-9)12(13(19)22-4)24-14-17-10(20-2)8-11(18-14)21-3/h5-8,12H,1-4H3. The van der Waals surface area contributed by atoms with E-state index in [0.717, 1.165) is 11.8 Å². The zero-order chi connectivity index (χ0) is 17.7. The van der Waals surface area contributed by atoms with Gasteiger partial charge >= 0.3 is 5.97 Å². The van der Waals surface area contributed by atoms with Crippen molar-refractivity contribution >= 4 is 29.1 Å². The maximum absolute atomic E-state index is 15.4. The van der Waals surface area contributed by atoms with Gasteiger partial charge in [-0.2, -0.15) is 9.97 Å². The minimum absolute atomic E-state index is 0.155. The Kier molecular flexibility index (Phi) is 6.00. The summed E-state index contributed by atoms with van der Waals surface area (Å²) in [4.78, 5) is 20.8. The lowest BCUT2D eigenvalue weighted by atomic mass is 10.0. The Bertz CT molecular complexity index is 673. The van der Waals surface area contributed by atoms with Crippen LogP contribution >= 0.6 is 23.1 Å². The van der Waals surface area contributed by atoms with Crippen molar-refractivity contribution in [1.29, 1.82) is 0 Å². The number of esters is 1. The molecule has 0 amide bonds. The Hall–Kier alpha value is -1.87. The Morgan fingerprint density at radius 3 is 2.38 bits per heavy atom. The third-order valence-corrected chi connectivity index (χ3v) is 5.56. The zero-order valence-electron chi connectivity index (χ0n) is 13.6. The molecule has 0 aliphatic carbocycles. The number of methoxy groups -OCH3 is 3. The fraction of sp³-hybridized carbons (Fsp3) is 0.400. The van der Waals surface area contributed by atoms with E-state index in [1.807, 2.05) is 0 Å². The molecular formula is C15H17FN2O4S2. The minimum Gasteiger partial charge on any atom is -0.481 e. The van der Waals surface area contributed by atoms with Gasteiger partial charge in [-0.3, -0.25) is 4.79 Å². The van der Waals surface area contributed by atoms with Crippen LogP contribution in [-0.2, 0) is 15.2 Å². The summed E-state index contributed by atoms with van der Waals surface area (Å²) in [6.07, 6.45) is 0. The van der Waals surface area contributed by atoms with E-state index in [1.165, 1.54) is 45.7 Å². The summed E-state index contributed by atoms with van der Waals surface area (Å²) in [7, 11) is 4.10. The van der Waals surface area contributed by atoms with Crippen molar-refractivity contribution in [3.05, 3.63) is 28.5 Å². The molecule has 130 valence electrons. The van der Waals surface area contributed by atoms with Crippen molar-refractivity contribution in [2.24, 2.45) is 0 Å². The first-order chi connectivity index (χ1) is 11.4. The van der Waals surface area contributed by atoms with Crippen molar-refractivity contribution < 1.29 is 23.4 Å². The first-order valence-electron chi connectivity index (χ1n) is 6.86. The molecule has 0 radical (unpaired) electrons. The summed E-state index contributed by atoms with van der Waals surface area (Å²) >= 11 is 2.09. The highest BCUT2D eigenvalue weighted by molar-refractivity contribution is 8.00. The smallest absolute Gasteiger partial charge is 0.322 e. The third-order valence-electron chi connectivity index (χ3n) is 3.21. The van der Waals surface area contributed by atoms with Crippen LogP contribution in [0.3, 0.4) is 0 Å². The molecule has 2 rings (SSSR count). The van der Waals surface area contributed by atoms with Crippen LogP contribution in [0, 0.1) is 0 Å². The van der Waals surface area contributed by atoms with E-state index in [-0.39, 0.29) is 16.9 Å². The molecule has 0 saturated carbocycles. The molecule has 0 aliphatic rings. The second kappa shape index (κ2) is 7.80. The lowest BCUT2D eigenvalue weighted by Crippen LogP contribution is -2.37. The predicted octanol–water partition coefficient (Wildman–Crippen LogP) is 3.07. The topological polar surface area (TPSA) is 70.5 Å². The van der Waals surface area contributed by atoms with Gasteiger partial charge in [0.2, 0.25) is 11.8 Å². The molecule has 0 bridgehead atoms. The Labute approximate surface area is 147 Å². The largest absolute Gasteiger partial charge is 0.481 e. The maximum Gasteiger partial charge on any atom is 0.322 e. The summed E-state index contributed by atoms with van der Waals surface area (Å²) in [6.45, 7) is 1.34. The third kappa shape index (κ3) is 3.96. The number of carbonyl (C=O) groups is 1. The lowest BCUT2D eigenvalue weighted by molar-refractivity contribution is -0.142. The van der Waals surface area contributed by atoms with Gasteiger partial charge in [-0.15, -0.1) is 11.3 Å². The summed E-state index contributed by atoms with van der Waals surface area (Å²) in [5, 5.41) is 0.719. The molecule has 2 aromatic heterocycles. The van der Waals surface area contributed by atoms with Gasteiger partial charge in [0.15, 0.2) is 10.8 Å². The number of halogens is 1. The zero-order valence-corrected chi connectivity index (χ0v) is 15.2. The Morgan fingerprint density at radius 2 is 1.92 bits per heavy atom. The van der Waals surface area contributed by atoms with Gasteiger partial charge in [-0.25, -0.2) is 4.39 Å². The quantitative estimate of drug-likeness (QED) is 0.420. The van der Waals surface area contributed by atoms with Gasteiger partial charge in [0, 0.05) is 4.88 Å². The average molecular weight is 372 g/mol. The van der Waals surface area contributed by atoms with Crippen LogP contribution in [0.15, 0.2) is 28.7 Å². The summed E-state index contributed by atoms with van der Waals surface area (Å²) in [5.41, 5.74) is -1.95. The summed E-state index contributed by atoms with van der Waals surface area (Å²) < 4.78 is 30.3. The second-order valence-corrected chi connectivity index (χ2v) is 6.83. The highest BCUT2D eigenvalue weighted by Crippen LogP contribution is 2.41. The number of ether oxygens (including phenoxy) is 3. The molecule has 2 heterocycles. The van der Waals surface area contributed by atoms with Crippen LogP contribution in [0.25, 0.3) is 0 Å². The first kappa shape index (κ1) is 18.5. The Balaban J connectivity index is 2.38. The molecule has 2 unspecified atom stereocenters. The molecule has 9 heteroatoms. The molecule has 0 spiro atoms.